The van der Waals surface area contributed by atoms with Crippen LogP contribution < -0.4 is 5.32 Å². The third-order valence-electron chi connectivity index (χ3n) is 6.55. The van der Waals surface area contributed by atoms with E-state index < -0.39 is 9.84 Å². The van der Waals surface area contributed by atoms with Crippen LogP contribution in [0.4, 0.5) is 0 Å². The van der Waals surface area contributed by atoms with E-state index in [4.69, 9.17) is 0 Å². The Labute approximate surface area is 221 Å². The summed E-state index contributed by atoms with van der Waals surface area (Å²) in [6, 6.07) is 12.9. The predicted molar refractivity (Wildman–Crippen MR) is 143 cm³/mol. The molecule has 9 heteroatoms. The highest BCUT2D eigenvalue weighted by Gasteiger charge is 2.30. The van der Waals surface area contributed by atoms with Crippen molar-refractivity contribution in [2.75, 3.05) is 12.3 Å². The number of amides is 1. The summed E-state index contributed by atoms with van der Waals surface area (Å²) in [6.45, 7) is 7.93. The molecule has 36 heavy (non-hydrogen) atoms. The Morgan fingerprint density at radius 3 is 2.47 bits per heavy atom. The number of rotatable bonds is 8. The summed E-state index contributed by atoms with van der Waals surface area (Å²) in [4.78, 5) is 24.5. The van der Waals surface area contributed by atoms with Crippen LogP contribution in [0.15, 0.2) is 64.2 Å². The number of carbonyl (C=O) groups excluding carboxylic acids is 1. The minimum absolute atomic E-state index is 0.0643. The topological polar surface area (TPSA) is 92.3 Å². The largest absolute Gasteiger partial charge is 0.348 e. The second-order valence-corrected chi connectivity index (χ2v) is 12.6. The second-order valence-electron chi connectivity index (χ2n) is 9.37. The first-order valence-electron chi connectivity index (χ1n) is 12.1. The van der Waals surface area contributed by atoms with E-state index >= 15 is 0 Å². The molecule has 0 saturated carbocycles. The van der Waals surface area contributed by atoms with Gasteiger partial charge in [0, 0.05) is 37.1 Å². The molecule has 3 aromatic rings. The van der Waals surface area contributed by atoms with Crippen LogP contribution in [-0.4, -0.2) is 41.5 Å². The molecule has 0 fully saturated rings. The number of fused-ring (bicyclic) bond motifs is 1. The molecule has 1 aliphatic heterocycles. The van der Waals surface area contributed by atoms with Gasteiger partial charge in [-0.2, -0.15) is 0 Å². The molecule has 1 atom stereocenters. The summed E-state index contributed by atoms with van der Waals surface area (Å²) in [6.07, 6.45) is 4.40. The maximum absolute atomic E-state index is 12.9. The Kier molecular flexibility index (Phi) is 8.22. The lowest BCUT2D eigenvalue weighted by Crippen LogP contribution is -2.38. The number of halogens is 1. The van der Waals surface area contributed by atoms with Crippen molar-refractivity contribution in [3.8, 4) is 0 Å². The van der Waals surface area contributed by atoms with Gasteiger partial charge in [-0.25, -0.2) is 18.4 Å². The standard InChI is InChI=1S/C27H31BrN4O3S/c1-4-36(34,35)23-8-5-19(6-9-23)14-31-27(33)21-7-10-24-20(13-21)11-12-32(26(24)18(2)3)17-25-29-15-22(28)16-30-25/h5-10,13,15-16,18,26H,4,11-12,14,17H2,1-3H3,(H,31,33)/t26-/m0/s1. The molecule has 0 bridgehead atoms. The van der Waals surface area contributed by atoms with Crippen LogP contribution in [0, 0.1) is 5.92 Å². The minimum atomic E-state index is -3.23. The summed E-state index contributed by atoms with van der Waals surface area (Å²) < 4.78 is 24.8. The smallest absolute Gasteiger partial charge is 0.251 e. The Morgan fingerprint density at radius 2 is 1.83 bits per heavy atom. The Balaban J connectivity index is 1.45. The van der Waals surface area contributed by atoms with Gasteiger partial charge in [-0.3, -0.25) is 9.69 Å². The molecule has 1 amide bonds. The fourth-order valence-electron chi connectivity index (χ4n) is 4.68. The maximum Gasteiger partial charge on any atom is 0.251 e. The van der Waals surface area contributed by atoms with Crippen LogP contribution in [0.25, 0.3) is 0 Å². The number of benzene rings is 2. The Morgan fingerprint density at radius 1 is 1.14 bits per heavy atom. The molecule has 0 aliphatic carbocycles. The van der Waals surface area contributed by atoms with E-state index in [1.165, 1.54) is 11.1 Å². The molecule has 2 heterocycles. The number of carbonyl (C=O) groups is 1. The van der Waals surface area contributed by atoms with E-state index in [-0.39, 0.29) is 17.7 Å². The van der Waals surface area contributed by atoms with Gasteiger partial charge in [0.15, 0.2) is 9.84 Å². The highest BCUT2D eigenvalue weighted by molar-refractivity contribution is 9.10. The number of sulfone groups is 1. The molecular weight excluding hydrogens is 540 g/mol. The maximum atomic E-state index is 12.9. The van der Waals surface area contributed by atoms with Crippen molar-refractivity contribution in [1.82, 2.24) is 20.2 Å². The zero-order valence-corrected chi connectivity index (χ0v) is 23.1. The van der Waals surface area contributed by atoms with Gasteiger partial charge < -0.3 is 5.32 Å². The van der Waals surface area contributed by atoms with Gasteiger partial charge in [0.1, 0.15) is 5.82 Å². The predicted octanol–water partition coefficient (Wildman–Crippen LogP) is 4.72. The first-order valence-corrected chi connectivity index (χ1v) is 14.6. The molecule has 4 rings (SSSR count). The van der Waals surface area contributed by atoms with Gasteiger partial charge in [0.05, 0.1) is 21.7 Å². The molecule has 7 nitrogen and oxygen atoms in total. The third kappa shape index (κ3) is 6.02. The second kappa shape index (κ2) is 11.2. The molecule has 1 aromatic heterocycles. The summed E-state index contributed by atoms with van der Waals surface area (Å²) in [5.74, 6) is 1.10. The first kappa shape index (κ1) is 26.4. The summed E-state index contributed by atoms with van der Waals surface area (Å²) >= 11 is 3.39. The molecule has 1 aliphatic rings. The van der Waals surface area contributed by atoms with Gasteiger partial charge in [-0.15, -0.1) is 0 Å². The van der Waals surface area contributed by atoms with E-state index in [1.54, 1.807) is 43.6 Å². The number of hydrogen-bond acceptors (Lipinski definition) is 6. The highest BCUT2D eigenvalue weighted by Crippen LogP contribution is 2.36. The first-order chi connectivity index (χ1) is 17.2. The van der Waals surface area contributed by atoms with Gasteiger partial charge in [-0.1, -0.05) is 39.0 Å². The average molecular weight is 572 g/mol. The van der Waals surface area contributed by atoms with Gasteiger partial charge >= 0.3 is 0 Å². The number of aromatic nitrogens is 2. The number of hydrogen-bond donors (Lipinski definition) is 1. The monoisotopic (exact) mass is 570 g/mol. The molecule has 0 unspecified atom stereocenters. The van der Waals surface area contributed by atoms with Crippen LogP contribution in [-0.2, 0) is 29.3 Å². The SMILES string of the molecule is CCS(=O)(=O)c1ccc(CNC(=O)c2ccc3c(c2)CCN(Cc2ncc(Br)cn2)[C@H]3C(C)C)cc1. The van der Waals surface area contributed by atoms with Crippen LogP contribution in [0.2, 0.25) is 0 Å². The number of nitrogens with zero attached hydrogens (tertiary/aromatic N) is 3. The zero-order valence-electron chi connectivity index (χ0n) is 20.7. The lowest BCUT2D eigenvalue weighted by Gasteiger charge is -2.39. The molecular formula is C27H31BrN4O3S. The average Bonchev–Trinajstić information content (AvgIpc) is 2.88. The van der Waals surface area contributed by atoms with Crippen molar-refractivity contribution in [2.24, 2.45) is 5.92 Å². The van der Waals surface area contributed by atoms with Gasteiger partial charge in [0.25, 0.3) is 5.91 Å². The molecule has 1 N–H and O–H groups in total. The fourth-order valence-corrected chi connectivity index (χ4v) is 5.77. The van der Waals surface area contributed by atoms with Crippen molar-refractivity contribution in [1.29, 1.82) is 0 Å². The molecule has 0 saturated heterocycles. The molecule has 190 valence electrons. The van der Waals surface area contributed by atoms with Crippen LogP contribution in [0.1, 0.15) is 59.7 Å². The highest BCUT2D eigenvalue weighted by atomic mass is 79.9. The minimum Gasteiger partial charge on any atom is -0.348 e. The van der Waals surface area contributed by atoms with Gasteiger partial charge in [-0.05, 0) is 69.2 Å². The summed E-state index contributed by atoms with van der Waals surface area (Å²) in [5, 5.41) is 2.96. The van der Waals surface area contributed by atoms with E-state index in [0.29, 0.717) is 29.5 Å². The Bertz CT molecular complexity index is 1330. The van der Waals surface area contributed by atoms with Crippen molar-refractivity contribution in [3.63, 3.8) is 0 Å². The third-order valence-corrected chi connectivity index (χ3v) is 8.71. The van der Waals surface area contributed by atoms with Crippen LogP contribution in [0.5, 0.6) is 0 Å². The van der Waals surface area contributed by atoms with Crippen molar-refractivity contribution >= 4 is 31.7 Å². The van der Waals surface area contributed by atoms with E-state index in [0.717, 1.165) is 28.8 Å². The quantitative estimate of drug-likeness (QED) is 0.421. The van der Waals surface area contributed by atoms with E-state index in [9.17, 15) is 13.2 Å². The lowest BCUT2D eigenvalue weighted by atomic mass is 9.85. The van der Waals surface area contributed by atoms with Gasteiger partial charge in [0.2, 0.25) is 0 Å². The van der Waals surface area contributed by atoms with Crippen LogP contribution in [0.3, 0.4) is 0 Å². The lowest BCUT2D eigenvalue weighted by molar-refractivity contribution is 0.0950. The van der Waals surface area contributed by atoms with Crippen molar-refractivity contribution < 1.29 is 13.2 Å². The molecule has 0 radical (unpaired) electrons. The summed E-state index contributed by atoms with van der Waals surface area (Å²) in [7, 11) is -3.23. The zero-order chi connectivity index (χ0) is 25.9. The normalized spacial score (nSPS) is 16.1. The Hall–Kier alpha value is -2.62. The summed E-state index contributed by atoms with van der Waals surface area (Å²) in [5.41, 5.74) is 3.93. The van der Waals surface area contributed by atoms with Crippen molar-refractivity contribution in [2.45, 2.75) is 51.2 Å². The van der Waals surface area contributed by atoms with Crippen LogP contribution >= 0.6 is 15.9 Å². The van der Waals surface area contributed by atoms with Crippen molar-refractivity contribution in [3.05, 3.63) is 87.4 Å². The molecule has 2 aromatic carbocycles. The van der Waals surface area contributed by atoms with E-state index in [2.05, 4.69) is 56.0 Å². The molecule has 0 spiro atoms. The number of nitrogens with one attached hydrogen (secondary N) is 1. The van der Waals surface area contributed by atoms with E-state index in [1.807, 2.05) is 12.1 Å². The fraction of sp³-hybridized carbons (Fsp3) is 0.370.